The van der Waals surface area contributed by atoms with Gasteiger partial charge in [-0.1, -0.05) is 55.9 Å². The van der Waals surface area contributed by atoms with Crippen LogP contribution in [0.1, 0.15) is 16.7 Å². The zero-order valence-corrected chi connectivity index (χ0v) is 21.2. The van der Waals surface area contributed by atoms with Crippen molar-refractivity contribution in [3.8, 4) is 34.8 Å². The summed E-state index contributed by atoms with van der Waals surface area (Å²) >= 11 is 3.21. The van der Waals surface area contributed by atoms with Gasteiger partial charge in [0.05, 0.1) is 21.3 Å². The second kappa shape index (κ2) is 10.2. The minimum absolute atomic E-state index is 0.00788. The Morgan fingerprint density at radius 1 is 1.03 bits per heavy atom. The van der Waals surface area contributed by atoms with Crippen molar-refractivity contribution in [2.45, 2.75) is 26.2 Å². The van der Waals surface area contributed by atoms with Gasteiger partial charge in [-0.05, 0) is 21.5 Å². The molecule has 2 N–H and O–H groups in total. The van der Waals surface area contributed by atoms with Crippen molar-refractivity contribution in [2.75, 3.05) is 5.73 Å². The Hall–Kier alpha value is -3.40. The first-order valence-corrected chi connectivity index (χ1v) is 14.4. The molecule has 0 heterocycles. The number of nitrogen functional groups attached to an aromatic ring is 1. The minimum atomic E-state index is -1.87. The van der Waals surface area contributed by atoms with E-state index in [1.807, 2.05) is 37.8 Å². The summed E-state index contributed by atoms with van der Waals surface area (Å²) < 4.78 is 55.1. The molecular formula is C25H20BrF3N2O2Si. The highest BCUT2D eigenvalue weighted by atomic mass is 79.9. The summed E-state index contributed by atoms with van der Waals surface area (Å²) in [4.78, 5) is 0. The normalized spacial score (nSPS) is 10.8. The molecule has 0 aliphatic carbocycles. The monoisotopic (exact) mass is 544 g/mol. The average molecular weight is 545 g/mol. The molecule has 0 aliphatic rings. The highest BCUT2D eigenvalue weighted by molar-refractivity contribution is 9.10. The smallest absolute Gasteiger partial charge is 0.204 e. The van der Waals surface area contributed by atoms with Crippen LogP contribution in [0.25, 0.3) is 0 Å². The van der Waals surface area contributed by atoms with Gasteiger partial charge in [0.1, 0.15) is 26.6 Å². The fraction of sp³-hybridized carbons (Fsp3) is 0.160. The number of ether oxygens (including phenoxy) is 2. The maximum absolute atomic E-state index is 14.9. The van der Waals surface area contributed by atoms with Gasteiger partial charge < -0.3 is 15.2 Å². The predicted octanol–water partition coefficient (Wildman–Crippen LogP) is 6.92. The van der Waals surface area contributed by atoms with Gasteiger partial charge in [0.15, 0.2) is 23.1 Å². The third-order valence-corrected chi connectivity index (χ3v) is 6.11. The maximum atomic E-state index is 14.9. The summed E-state index contributed by atoms with van der Waals surface area (Å²) in [5.41, 5.74) is 8.83. The molecule has 0 amide bonds. The molecule has 0 saturated carbocycles. The van der Waals surface area contributed by atoms with Crippen LogP contribution in [0.15, 0.2) is 46.9 Å². The zero-order chi connectivity index (χ0) is 25.0. The van der Waals surface area contributed by atoms with Gasteiger partial charge >= 0.3 is 0 Å². The second-order valence-electron chi connectivity index (χ2n) is 8.33. The van der Waals surface area contributed by atoms with Gasteiger partial charge in [0.2, 0.25) is 5.82 Å². The van der Waals surface area contributed by atoms with Crippen LogP contribution in [0.5, 0.6) is 17.2 Å². The van der Waals surface area contributed by atoms with Crippen LogP contribution in [-0.2, 0) is 6.61 Å². The summed E-state index contributed by atoms with van der Waals surface area (Å²) in [5.74, 6) is -1.54. The number of hydrogen-bond acceptors (Lipinski definition) is 4. The maximum Gasteiger partial charge on any atom is 0.204 e. The lowest BCUT2D eigenvalue weighted by molar-refractivity contribution is 0.287. The van der Waals surface area contributed by atoms with Gasteiger partial charge in [-0.3, -0.25) is 0 Å². The number of anilines is 1. The zero-order valence-electron chi connectivity index (χ0n) is 18.6. The van der Waals surface area contributed by atoms with E-state index in [0.717, 1.165) is 17.7 Å². The lowest BCUT2D eigenvalue weighted by atomic mass is 10.1. The van der Waals surface area contributed by atoms with E-state index < -0.39 is 37.0 Å². The summed E-state index contributed by atoms with van der Waals surface area (Å²) in [6.07, 6.45) is 0. The minimum Gasteiger partial charge on any atom is -0.485 e. The number of nitrogens with two attached hydrogens (primary N) is 1. The third-order valence-electron chi connectivity index (χ3n) is 4.48. The van der Waals surface area contributed by atoms with Gasteiger partial charge in [0.25, 0.3) is 0 Å². The molecule has 3 aromatic rings. The van der Waals surface area contributed by atoms with Crippen molar-refractivity contribution in [3.63, 3.8) is 0 Å². The van der Waals surface area contributed by atoms with Gasteiger partial charge in [0, 0.05) is 12.1 Å². The fourth-order valence-electron chi connectivity index (χ4n) is 2.78. The topological polar surface area (TPSA) is 68.3 Å². The lowest BCUT2D eigenvalue weighted by Crippen LogP contribution is -2.16. The van der Waals surface area contributed by atoms with Crippen LogP contribution >= 0.6 is 15.9 Å². The van der Waals surface area contributed by atoms with Gasteiger partial charge in [-0.25, -0.2) is 8.78 Å². The Morgan fingerprint density at radius 3 is 2.32 bits per heavy atom. The summed E-state index contributed by atoms with van der Waals surface area (Å²) in [6, 6.07) is 12.8. The Balaban J connectivity index is 2.10. The Kier molecular flexibility index (Phi) is 7.60. The third kappa shape index (κ3) is 5.74. The van der Waals surface area contributed by atoms with Crippen LogP contribution < -0.4 is 15.2 Å². The SMILES string of the molecule is C[Si](C)(C)C#Cc1c(N)c(F)c(F)c(Oc2cc(C#N)c(F)cc2OCc2ccccc2)c1Br. The first-order valence-electron chi connectivity index (χ1n) is 10.1. The van der Waals surface area contributed by atoms with Crippen LogP contribution in [0.3, 0.4) is 0 Å². The molecule has 0 saturated heterocycles. The van der Waals surface area contributed by atoms with Crippen molar-refractivity contribution >= 4 is 29.7 Å². The molecule has 3 rings (SSSR count). The van der Waals surface area contributed by atoms with E-state index in [9.17, 15) is 18.4 Å². The van der Waals surface area contributed by atoms with Crippen LogP contribution in [0.2, 0.25) is 19.6 Å². The molecule has 3 aromatic carbocycles. The Bertz CT molecular complexity index is 1340. The van der Waals surface area contributed by atoms with E-state index in [1.165, 1.54) is 0 Å². The van der Waals surface area contributed by atoms with Crippen molar-refractivity contribution in [3.05, 3.63) is 81.1 Å². The summed E-state index contributed by atoms with van der Waals surface area (Å²) in [5, 5.41) is 9.23. The quantitative estimate of drug-likeness (QED) is 0.164. The molecule has 4 nitrogen and oxygen atoms in total. The van der Waals surface area contributed by atoms with Gasteiger partial charge in [-0.15, -0.1) is 5.54 Å². The molecule has 0 aliphatic heterocycles. The van der Waals surface area contributed by atoms with E-state index in [0.29, 0.717) is 0 Å². The fourth-order valence-corrected chi connectivity index (χ4v) is 3.84. The number of nitrogens with zero attached hydrogens (tertiary/aromatic N) is 1. The van der Waals surface area contributed by atoms with Crippen molar-refractivity contribution in [2.24, 2.45) is 0 Å². The molecule has 9 heteroatoms. The molecule has 174 valence electrons. The largest absolute Gasteiger partial charge is 0.485 e. The van der Waals surface area contributed by atoms with E-state index in [4.69, 9.17) is 15.2 Å². The van der Waals surface area contributed by atoms with Crippen molar-refractivity contribution in [1.82, 2.24) is 0 Å². The van der Waals surface area contributed by atoms with Gasteiger partial charge in [-0.2, -0.15) is 9.65 Å². The standard InChI is InChI=1S/C25H20BrF3N2O2Si/c1-34(2,3)10-9-17-21(26)25(23(29)22(28)24(17)31)33-20-11-16(13-30)18(27)12-19(20)32-14-15-7-5-4-6-8-15/h4-8,11-12H,14,31H2,1-3H3. The van der Waals surface area contributed by atoms with Crippen molar-refractivity contribution in [1.29, 1.82) is 5.26 Å². The number of benzene rings is 3. The lowest BCUT2D eigenvalue weighted by Gasteiger charge is -2.17. The number of halogens is 4. The molecule has 0 spiro atoms. The summed E-state index contributed by atoms with van der Waals surface area (Å²) in [6.45, 7) is 6.01. The average Bonchev–Trinajstić information content (AvgIpc) is 2.80. The second-order valence-corrected chi connectivity index (χ2v) is 13.9. The summed E-state index contributed by atoms with van der Waals surface area (Å²) in [7, 11) is -1.87. The molecule has 34 heavy (non-hydrogen) atoms. The molecular weight excluding hydrogens is 525 g/mol. The van der Waals surface area contributed by atoms with E-state index in [2.05, 4.69) is 27.4 Å². The first-order chi connectivity index (χ1) is 16.0. The van der Waals surface area contributed by atoms with Crippen LogP contribution in [0.4, 0.5) is 18.9 Å². The van der Waals surface area contributed by atoms with E-state index >= 15 is 0 Å². The molecule has 0 aromatic heterocycles. The molecule has 0 atom stereocenters. The van der Waals surface area contributed by atoms with E-state index in [-0.39, 0.29) is 33.7 Å². The number of rotatable bonds is 5. The predicted molar refractivity (Wildman–Crippen MR) is 131 cm³/mol. The van der Waals surface area contributed by atoms with Crippen LogP contribution in [-0.4, -0.2) is 8.07 Å². The molecule has 0 unspecified atom stereocenters. The first kappa shape index (κ1) is 25.2. The highest BCUT2D eigenvalue weighted by Crippen LogP contribution is 2.42. The molecule has 0 fully saturated rings. The highest BCUT2D eigenvalue weighted by Gasteiger charge is 2.25. The Labute approximate surface area is 205 Å². The molecule has 0 bridgehead atoms. The van der Waals surface area contributed by atoms with Crippen LogP contribution in [0, 0.1) is 40.2 Å². The van der Waals surface area contributed by atoms with E-state index in [1.54, 1.807) is 18.2 Å². The number of nitriles is 1. The Morgan fingerprint density at radius 2 is 1.71 bits per heavy atom. The number of hydrogen-bond donors (Lipinski definition) is 1. The van der Waals surface area contributed by atoms with Crippen molar-refractivity contribution < 1.29 is 22.6 Å². The molecule has 0 radical (unpaired) electrons.